The number of nitrogens with zero attached hydrogens (tertiary/aromatic N) is 3. The standard InChI is InChI=1S/C21H22N4O2/c26-21(9-3-4-10-21)11-12-22-19-7-8-20-23-14-16(25(20)24-19)18-13-15-5-1-2-6-17(15)27-18/h1-2,5-8,13-14,26H,3-4,9-12H2,(H,22,24). The van der Waals surface area contributed by atoms with E-state index >= 15 is 0 Å². The molecule has 3 aromatic heterocycles. The lowest BCUT2D eigenvalue weighted by atomic mass is 9.98. The van der Waals surface area contributed by atoms with E-state index < -0.39 is 5.60 Å². The highest BCUT2D eigenvalue weighted by atomic mass is 16.3. The van der Waals surface area contributed by atoms with Gasteiger partial charge in [0.15, 0.2) is 11.4 Å². The van der Waals surface area contributed by atoms with Crippen LogP contribution in [0.3, 0.4) is 0 Å². The molecular formula is C21H22N4O2. The van der Waals surface area contributed by atoms with Crippen LogP contribution in [0.15, 0.2) is 53.1 Å². The van der Waals surface area contributed by atoms with Crippen LogP contribution in [0.2, 0.25) is 0 Å². The Morgan fingerprint density at radius 1 is 1.15 bits per heavy atom. The Bertz CT molecular complexity index is 1060. The second-order valence-corrected chi connectivity index (χ2v) is 7.39. The van der Waals surface area contributed by atoms with Crippen LogP contribution in [0.4, 0.5) is 5.82 Å². The average Bonchev–Trinajstić information content (AvgIpc) is 3.38. The maximum absolute atomic E-state index is 10.5. The molecule has 6 heteroatoms. The zero-order valence-electron chi connectivity index (χ0n) is 15.1. The molecule has 1 saturated carbocycles. The number of aromatic nitrogens is 3. The van der Waals surface area contributed by atoms with Crippen LogP contribution in [-0.4, -0.2) is 31.9 Å². The number of rotatable bonds is 5. The number of benzene rings is 1. The third-order valence-corrected chi connectivity index (χ3v) is 5.47. The summed E-state index contributed by atoms with van der Waals surface area (Å²) in [5.41, 5.74) is 1.93. The Kier molecular flexibility index (Phi) is 3.86. The highest BCUT2D eigenvalue weighted by molar-refractivity contribution is 5.82. The maximum atomic E-state index is 10.5. The number of aliphatic hydroxyl groups is 1. The Hall–Kier alpha value is -2.86. The van der Waals surface area contributed by atoms with Crippen LogP contribution >= 0.6 is 0 Å². The predicted octanol–water partition coefficient (Wildman–Crippen LogP) is 4.25. The van der Waals surface area contributed by atoms with Crippen molar-refractivity contribution in [1.29, 1.82) is 0 Å². The first-order chi connectivity index (χ1) is 13.2. The van der Waals surface area contributed by atoms with Gasteiger partial charge in [-0.1, -0.05) is 31.0 Å². The molecule has 4 aromatic rings. The molecule has 0 radical (unpaired) electrons. The van der Waals surface area contributed by atoms with E-state index in [0.29, 0.717) is 6.54 Å². The van der Waals surface area contributed by atoms with Crippen molar-refractivity contribution in [2.24, 2.45) is 0 Å². The molecule has 3 heterocycles. The van der Waals surface area contributed by atoms with Crippen molar-refractivity contribution >= 4 is 22.4 Å². The lowest BCUT2D eigenvalue weighted by molar-refractivity contribution is 0.0424. The zero-order chi connectivity index (χ0) is 18.3. The quantitative estimate of drug-likeness (QED) is 0.555. The number of imidazole rings is 1. The van der Waals surface area contributed by atoms with Crippen molar-refractivity contribution in [3.8, 4) is 11.5 Å². The summed E-state index contributed by atoms with van der Waals surface area (Å²) in [6.45, 7) is 0.698. The molecule has 0 amide bonds. The van der Waals surface area contributed by atoms with Crippen LogP contribution < -0.4 is 5.32 Å². The molecule has 0 unspecified atom stereocenters. The van der Waals surface area contributed by atoms with Gasteiger partial charge >= 0.3 is 0 Å². The third kappa shape index (κ3) is 3.06. The number of anilines is 1. The minimum Gasteiger partial charge on any atom is -0.454 e. The number of para-hydroxylation sites is 1. The summed E-state index contributed by atoms with van der Waals surface area (Å²) < 4.78 is 7.76. The molecule has 6 nitrogen and oxygen atoms in total. The Morgan fingerprint density at radius 2 is 2.00 bits per heavy atom. The molecule has 0 aliphatic heterocycles. The largest absolute Gasteiger partial charge is 0.454 e. The molecule has 0 bridgehead atoms. The number of hydrogen-bond acceptors (Lipinski definition) is 5. The van der Waals surface area contributed by atoms with Gasteiger partial charge in [-0.25, -0.2) is 9.50 Å². The van der Waals surface area contributed by atoms with Crippen LogP contribution in [0.1, 0.15) is 32.1 Å². The smallest absolute Gasteiger partial charge is 0.155 e. The summed E-state index contributed by atoms with van der Waals surface area (Å²) in [6.07, 6.45) is 6.57. The Labute approximate surface area is 156 Å². The molecule has 1 aliphatic carbocycles. The predicted molar refractivity (Wildman–Crippen MR) is 105 cm³/mol. The second kappa shape index (κ2) is 6.39. The van der Waals surface area contributed by atoms with E-state index in [4.69, 9.17) is 4.42 Å². The number of hydrogen-bond donors (Lipinski definition) is 2. The normalized spacial score (nSPS) is 16.3. The van der Waals surface area contributed by atoms with E-state index in [1.807, 2.05) is 42.5 Å². The summed E-state index contributed by atoms with van der Waals surface area (Å²) >= 11 is 0. The molecule has 0 saturated heterocycles. The SMILES string of the molecule is OC1(CCNc2ccc3ncc(-c4cc5ccccc5o4)n3n2)CCCC1. The molecule has 27 heavy (non-hydrogen) atoms. The fourth-order valence-electron chi connectivity index (χ4n) is 3.95. The van der Waals surface area contributed by atoms with E-state index in [-0.39, 0.29) is 0 Å². The fourth-order valence-corrected chi connectivity index (χ4v) is 3.95. The monoisotopic (exact) mass is 362 g/mol. The van der Waals surface area contributed by atoms with Gasteiger partial charge in [-0.2, -0.15) is 0 Å². The summed E-state index contributed by atoms with van der Waals surface area (Å²) in [5.74, 6) is 1.51. The molecule has 138 valence electrons. The summed E-state index contributed by atoms with van der Waals surface area (Å²) in [6, 6.07) is 13.8. The van der Waals surface area contributed by atoms with Gasteiger partial charge in [-0.15, -0.1) is 5.10 Å². The molecule has 1 fully saturated rings. The van der Waals surface area contributed by atoms with Gasteiger partial charge in [-0.05, 0) is 43.5 Å². The Balaban J connectivity index is 1.40. The van der Waals surface area contributed by atoms with Gasteiger partial charge in [-0.3, -0.25) is 0 Å². The van der Waals surface area contributed by atoms with E-state index in [0.717, 1.165) is 66.0 Å². The average molecular weight is 362 g/mol. The molecular weight excluding hydrogens is 340 g/mol. The van der Waals surface area contributed by atoms with Crippen LogP contribution in [-0.2, 0) is 0 Å². The summed E-state index contributed by atoms with van der Waals surface area (Å²) in [4.78, 5) is 4.43. The second-order valence-electron chi connectivity index (χ2n) is 7.39. The minimum absolute atomic E-state index is 0.508. The van der Waals surface area contributed by atoms with Crippen molar-refractivity contribution in [2.45, 2.75) is 37.7 Å². The van der Waals surface area contributed by atoms with E-state index in [2.05, 4.69) is 15.4 Å². The van der Waals surface area contributed by atoms with Crippen LogP contribution in [0, 0.1) is 0 Å². The molecule has 5 rings (SSSR count). The summed E-state index contributed by atoms with van der Waals surface area (Å²) in [7, 11) is 0. The summed E-state index contributed by atoms with van der Waals surface area (Å²) in [5, 5.41) is 19.5. The lowest BCUT2D eigenvalue weighted by Crippen LogP contribution is -2.27. The van der Waals surface area contributed by atoms with Crippen LogP contribution in [0.5, 0.6) is 0 Å². The molecule has 2 N–H and O–H groups in total. The first kappa shape index (κ1) is 16.3. The minimum atomic E-state index is -0.508. The van der Waals surface area contributed by atoms with Crippen molar-refractivity contribution in [2.75, 3.05) is 11.9 Å². The zero-order valence-corrected chi connectivity index (χ0v) is 15.1. The van der Waals surface area contributed by atoms with E-state index in [1.165, 1.54) is 0 Å². The first-order valence-corrected chi connectivity index (χ1v) is 9.50. The fraction of sp³-hybridized carbons (Fsp3) is 0.333. The van der Waals surface area contributed by atoms with E-state index in [9.17, 15) is 5.11 Å². The van der Waals surface area contributed by atoms with Gasteiger partial charge in [0.2, 0.25) is 0 Å². The highest BCUT2D eigenvalue weighted by Crippen LogP contribution is 2.32. The lowest BCUT2D eigenvalue weighted by Gasteiger charge is -2.22. The van der Waals surface area contributed by atoms with Gasteiger partial charge in [0, 0.05) is 11.9 Å². The molecule has 1 aromatic carbocycles. The number of nitrogens with one attached hydrogen (secondary N) is 1. The van der Waals surface area contributed by atoms with Crippen molar-refractivity contribution < 1.29 is 9.52 Å². The number of furan rings is 1. The molecule has 0 atom stereocenters. The van der Waals surface area contributed by atoms with Gasteiger partial charge < -0.3 is 14.8 Å². The third-order valence-electron chi connectivity index (χ3n) is 5.47. The van der Waals surface area contributed by atoms with Crippen molar-refractivity contribution in [3.63, 3.8) is 0 Å². The van der Waals surface area contributed by atoms with E-state index in [1.54, 1.807) is 10.7 Å². The molecule has 1 aliphatic rings. The van der Waals surface area contributed by atoms with Gasteiger partial charge in [0.25, 0.3) is 0 Å². The number of fused-ring (bicyclic) bond motifs is 2. The maximum Gasteiger partial charge on any atom is 0.155 e. The van der Waals surface area contributed by atoms with Crippen molar-refractivity contribution in [1.82, 2.24) is 14.6 Å². The van der Waals surface area contributed by atoms with Crippen molar-refractivity contribution in [3.05, 3.63) is 48.7 Å². The van der Waals surface area contributed by atoms with Crippen LogP contribution in [0.25, 0.3) is 28.1 Å². The van der Waals surface area contributed by atoms with Gasteiger partial charge in [0.05, 0.1) is 11.8 Å². The topological polar surface area (TPSA) is 75.6 Å². The Morgan fingerprint density at radius 3 is 2.85 bits per heavy atom. The first-order valence-electron chi connectivity index (χ1n) is 9.50. The highest BCUT2D eigenvalue weighted by Gasteiger charge is 2.30. The van der Waals surface area contributed by atoms with Gasteiger partial charge in [0.1, 0.15) is 17.1 Å². The molecule has 0 spiro atoms.